The van der Waals surface area contributed by atoms with E-state index in [0.717, 1.165) is 32.5 Å². The van der Waals surface area contributed by atoms with E-state index < -0.39 is 4.92 Å². The third-order valence-electron chi connectivity index (χ3n) is 5.24. The number of likely N-dealkylation sites (tertiary alicyclic amines) is 1. The van der Waals surface area contributed by atoms with Crippen LogP contribution >= 0.6 is 0 Å². The predicted octanol–water partition coefficient (Wildman–Crippen LogP) is 2.89. The molecule has 0 atom stereocenters. The van der Waals surface area contributed by atoms with Crippen molar-refractivity contribution in [3.63, 3.8) is 0 Å². The van der Waals surface area contributed by atoms with Gasteiger partial charge in [0.05, 0.1) is 17.6 Å². The van der Waals surface area contributed by atoms with Crippen molar-refractivity contribution in [3.05, 3.63) is 63.2 Å². The molecule has 0 aromatic heterocycles. The number of nitrogens with zero attached hydrogens (tertiary/aromatic N) is 2. The van der Waals surface area contributed by atoms with E-state index in [1.807, 2.05) is 0 Å². The highest BCUT2D eigenvalue weighted by molar-refractivity contribution is 5.98. The number of anilines is 1. The Labute approximate surface area is 169 Å². The summed E-state index contributed by atoms with van der Waals surface area (Å²) in [5.74, 6) is -0.163. The maximum Gasteiger partial charge on any atom is 0.293 e. The van der Waals surface area contributed by atoms with Crippen LogP contribution in [0.3, 0.4) is 0 Å². The first-order valence-electron chi connectivity index (χ1n) is 9.58. The molecule has 2 aromatic rings. The molecule has 8 heteroatoms. The molecule has 3 rings (SSSR count). The number of carbonyl (C=O) groups excluding carboxylic acids is 1. The Balaban J connectivity index is 1.60. The van der Waals surface area contributed by atoms with E-state index >= 15 is 0 Å². The van der Waals surface area contributed by atoms with Gasteiger partial charge in [-0.25, -0.2) is 0 Å². The highest BCUT2D eigenvalue weighted by atomic mass is 16.6. The monoisotopic (exact) mass is 398 g/mol. The van der Waals surface area contributed by atoms with Crippen molar-refractivity contribution in [2.24, 2.45) is 0 Å². The molecule has 3 N–H and O–H groups in total. The van der Waals surface area contributed by atoms with Crippen LogP contribution in [-0.2, 0) is 6.54 Å². The van der Waals surface area contributed by atoms with Gasteiger partial charge >= 0.3 is 0 Å². The second-order valence-electron chi connectivity index (χ2n) is 7.38. The normalized spacial score (nSPS) is 15.1. The van der Waals surface area contributed by atoms with Crippen molar-refractivity contribution < 1.29 is 14.5 Å². The van der Waals surface area contributed by atoms with E-state index in [9.17, 15) is 14.9 Å². The first kappa shape index (κ1) is 20.6. The zero-order valence-corrected chi connectivity index (χ0v) is 16.7. The number of nitrogens with one attached hydrogen (secondary N) is 1. The van der Waals surface area contributed by atoms with Gasteiger partial charge in [0.2, 0.25) is 0 Å². The Morgan fingerprint density at radius 2 is 1.93 bits per heavy atom. The number of ether oxygens (including phenoxy) is 1. The van der Waals surface area contributed by atoms with Crippen molar-refractivity contribution in [1.29, 1.82) is 0 Å². The first-order chi connectivity index (χ1) is 13.9. The van der Waals surface area contributed by atoms with Gasteiger partial charge in [-0.2, -0.15) is 0 Å². The molecule has 29 heavy (non-hydrogen) atoms. The Hall–Kier alpha value is -3.13. The van der Waals surface area contributed by atoms with Crippen molar-refractivity contribution in [3.8, 4) is 5.75 Å². The molecule has 1 aliphatic heterocycles. The van der Waals surface area contributed by atoms with E-state index in [1.54, 1.807) is 0 Å². The van der Waals surface area contributed by atoms with Gasteiger partial charge in [0.25, 0.3) is 11.6 Å². The van der Waals surface area contributed by atoms with E-state index in [1.165, 1.54) is 30.4 Å². The Bertz CT molecular complexity index is 890. The number of nitrogen functional groups attached to an aromatic ring is 1. The summed E-state index contributed by atoms with van der Waals surface area (Å²) < 4.78 is 5.19. The summed E-state index contributed by atoms with van der Waals surface area (Å²) in [6.07, 6.45) is 1.63. The molecule has 2 aromatic carbocycles. The zero-order chi connectivity index (χ0) is 21.0. The molecule has 1 amide bonds. The molecule has 0 bridgehead atoms. The largest absolute Gasteiger partial charge is 0.496 e. The third kappa shape index (κ3) is 5.03. The molecule has 0 unspecified atom stereocenters. The predicted molar refractivity (Wildman–Crippen MR) is 111 cm³/mol. The Kier molecular flexibility index (Phi) is 6.33. The number of piperidine rings is 1. The van der Waals surface area contributed by atoms with Crippen LogP contribution in [0.15, 0.2) is 36.4 Å². The lowest BCUT2D eigenvalue weighted by molar-refractivity contribution is -0.383. The van der Waals surface area contributed by atoms with Crippen molar-refractivity contribution in [1.82, 2.24) is 10.2 Å². The van der Waals surface area contributed by atoms with Gasteiger partial charge in [-0.1, -0.05) is 29.8 Å². The highest BCUT2D eigenvalue weighted by Gasteiger charge is 2.25. The number of amides is 1. The van der Waals surface area contributed by atoms with Crippen LogP contribution < -0.4 is 15.8 Å². The van der Waals surface area contributed by atoms with Crippen LogP contribution in [0.2, 0.25) is 0 Å². The van der Waals surface area contributed by atoms with Crippen molar-refractivity contribution in [2.45, 2.75) is 32.4 Å². The molecule has 154 valence electrons. The van der Waals surface area contributed by atoms with Gasteiger partial charge < -0.3 is 15.8 Å². The molecule has 1 fully saturated rings. The molecule has 1 aliphatic rings. The van der Waals surface area contributed by atoms with E-state index in [2.05, 4.69) is 41.4 Å². The summed E-state index contributed by atoms with van der Waals surface area (Å²) in [4.78, 5) is 25.6. The van der Waals surface area contributed by atoms with Gasteiger partial charge in [0, 0.05) is 37.8 Å². The number of nitro benzene ring substituents is 1. The maximum atomic E-state index is 12.7. The first-order valence-corrected chi connectivity index (χ1v) is 9.58. The number of carbonyl (C=O) groups is 1. The van der Waals surface area contributed by atoms with Gasteiger partial charge in [0.1, 0.15) is 11.4 Å². The van der Waals surface area contributed by atoms with Gasteiger partial charge in [0.15, 0.2) is 0 Å². The minimum absolute atomic E-state index is 0.0121. The van der Waals surface area contributed by atoms with E-state index in [4.69, 9.17) is 10.5 Å². The number of hydrogen-bond acceptors (Lipinski definition) is 6. The molecule has 0 spiro atoms. The van der Waals surface area contributed by atoms with Gasteiger partial charge in [-0.15, -0.1) is 0 Å². The summed E-state index contributed by atoms with van der Waals surface area (Å²) in [7, 11) is 1.40. The fraction of sp³-hybridized carbons (Fsp3) is 0.381. The van der Waals surface area contributed by atoms with Crippen LogP contribution in [0, 0.1) is 17.0 Å². The standard InChI is InChI=1S/C21H26N4O4/c1-14-3-5-15(6-4-14)13-24-9-7-16(8-10-24)23-21(26)17-11-19(25(27)28)18(22)12-20(17)29-2/h3-6,11-12,16H,7-10,13,22H2,1-2H3,(H,23,26). The lowest BCUT2D eigenvalue weighted by Crippen LogP contribution is -2.44. The molecule has 0 radical (unpaired) electrons. The quantitative estimate of drug-likeness (QED) is 0.440. The van der Waals surface area contributed by atoms with Crippen LogP contribution in [0.1, 0.15) is 34.3 Å². The Morgan fingerprint density at radius 1 is 1.28 bits per heavy atom. The second-order valence-corrected chi connectivity index (χ2v) is 7.38. The molecule has 8 nitrogen and oxygen atoms in total. The minimum atomic E-state index is -0.602. The number of rotatable bonds is 6. The summed E-state index contributed by atoms with van der Waals surface area (Å²) in [5.41, 5.74) is 7.98. The second kappa shape index (κ2) is 8.91. The average Bonchev–Trinajstić information content (AvgIpc) is 2.70. The summed E-state index contributed by atoms with van der Waals surface area (Å²) >= 11 is 0. The van der Waals surface area contributed by atoms with E-state index in [0.29, 0.717) is 0 Å². The van der Waals surface area contributed by atoms with Gasteiger partial charge in [-0.3, -0.25) is 19.8 Å². The molecule has 0 aliphatic carbocycles. The number of aryl methyl sites for hydroxylation is 1. The minimum Gasteiger partial charge on any atom is -0.496 e. The van der Waals surface area contributed by atoms with Crippen molar-refractivity contribution >= 4 is 17.3 Å². The lowest BCUT2D eigenvalue weighted by atomic mass is 10.0. The number of hydrogen-bond donors (Lipinski definition) is 2. The number of methoxy groups -OCH3 is 1. The molecule has 1 heterocycles. The average molecular weight is 398 g/mol. The number of nitro groups is 1. The topological polar surface area (TPSA) is 111 Å². The van der Waals surface area contributed by atoms with Crippen LogP contribution in [0.4, 0.5) is 11.4 Å². The summed E-state index contributed by atoms with van der Waals surface area (Å²) in [5, 5.41) is 14.1. The summed E-state index contributed by atoms with van der Waals surface area (Å²) in [6.45, 7) is 4.71. The maximum absolute atomic E-state index is 12.7. The van der Waals surface area contributed by atoms with Crippen molar-refractivity contribution in [2.75, 3.05) is 25.9 Å². The van der Waals surface area contributed by atoms with Crippen LogP contribution in [0.5, 0.6) is 5.75 Å². The zero-order valence-electron chi connectivity index (χ0n) is 16.7. The molecular weight excluding hydrogens is 372 g/mol. The highest BCUT2D eigenvalue weighted by Crippen LogP contribution is 2.30. The fourth-order valence-electron chi connectivity index (χ4n) is 3.54. The Morgan fingerprint density at radius 3 is 2.52 bits per heavy atom. The third-order valence-corrected chi connectivity index (χ3v) is 5.24. The van der Waals surface area contributed by atoms with Gasteiger partial charge in [-0.05, 0) is 25.3 Å². The van der Waals surface area contributed by atoms with E-state index in [-0.39, 0.29) is 34.6 Å². The SMILES string of the molecule is COc1cc(N)c([N+](=O)[O-])cc1C(=O)NC1CCN(Cc2ccc(C)cc2)CC1. The summed E-state index contributed by atoms with van der Waals surface area (Å²) in [6, 6.07) is 11.0. The molecule has 0 saturated carbocycles. The number of benzene rings is 2. The number of nitrogens with two attached hydrogens (primary N) is 1. The van der Waals surface area contributed by atoms with Crippen LogP contribution in [-0.4, -0.2) is 42.0 Å². The lowest BCUT2D eigenvalue weighted by Gasteiger charge is -2.32. The molecular formula is C21H26N4O4. The molecule has 1 saturated heterocycles. The van der Waals surface area contributed by atoms with Crippen LogP contribution in [0.25, 0.3) is 0 Å². The smallest absolute Gasteiger partial charge is 0.293 e. The fourth-order valence-corrected chi connectivity index (χ4v) is 3.54.